The highest BCUT2D eigenvalue weighted by Gasteiger charge is 2.29. The van der Waals surface area contributed by atoms with Crippen LogP contribution in [0, 0.1) is 11.8 Å². The zero-order chi connectivity index (χ0) is 19.0. The van der Waals surface area contributed by atoms with Gasteiger partial charge in [-0.2, -0.15) is 0 Å². The predicted octanol–water partition coefficient (Wildman–Crippen LogP) is 0.637. The molecule has 3 amide bonds. The molecule has 0 spiro atoms. The van der Waals surface area contributed by atoms with E-state index in [-0.39, 0.29) is 17.5 Å². The van der Waals surface area contributed by atoms with Gasteiger partial charge in [0.2, 0.25) is 11.8 Å². The van der Waals surface area contributed by atoms with Gasteiger partial charge in [-0.1, -0.05) is 34.1 Å². The summed E-state index contributed by atoms with van der Waals surface area (Å²) in [5, 5.41) is 5.33. The number of aromatic nitrogens is 2. The van der Waals surface area contributed by atoms with E-state index in [0.717, 1.165) is 0 Å². The number of rotatable bonds is 9. The summed E-state index contributed by atoms with van der Waals surface area (Å²) >= 11 is 0. The van der Waals surface area contributed by atoms with Crippen molar-refractivity contribution in [1.82, 2.24) is 20.6 Å². The van der Waals surface area contributed by atoms with Gasteiger partial charge in [-0.05, 0) is 18.3 Å². The number of nitrogens with two attached hydrogens (primary N) is 1. The van der Waals surface area contributed by atoms with Crippen molar-refractivity contribution in [1.29, 1.82) is 0 Å². The highest BCUT2D eigenvalue weighted by atomic mass is 16.2. The Morgan fingerprint density at radius 3 is 2.32 bits per heavy atom. The van der Waals surface area contributed by atoms with E-state index in [2.05, 4.69) is 20.6 Å². The maximum atomic E-state index is 12.6. The number of hydrogen-bond acceptors (Lipinski definition) is 5. The number of nitrogens with zero attached hydrogens (tertiary/aromatic N) is 2. The van der Waals surface area contributed by atoms with Gasteiger partial charge in [-0.3, -0.25) is 19.4 Å². The quantitative estimate of drug-likeness (QED) is 0.603. The number of primary amides is 1. The van der Waals surface area contributed by atoms with Crippen LogP contribution in [0.4, 0.5) is 0 Å². The molecule has 0 aliphatic heterocycles. The fourth-order valence-electron chi connectivity index (χ4n) is 2.33. The van der Waals surface area contributed by atoms with Crippen molar-refractivity contribution in [3.05, 3.63) is 24.3 Å². The monoisotopic (exact) mass is 349 g/mol. The van der Waals surface area contributed by atoms with E-state index in [1.54, 1.807) is 0 Å². The first kappa shape index (κ1) is 20.5. The van der Waals surface area contributed by atoms with Crippen molar-refractivity contribution in [2.24, 2.45) is 17.6 Å². The van der Waals surface area contributed by atoms with Crippen LogP contribution in [0.25, 0.3) is 0 Å². The Kier molecular flexibility index (Phi) is 7.97. The van der Waals surface area contributed by atoms with Crippen molar-refractivity contribution in [3.63, 3.8) is 0 Å². The Hall–Kier alpha value is -2.51. The Balaban J connectivity index is 2.88. The largest absolute Gasteiger partial charge is 0.368 e. The molecule has 0 bridgehead atoms. The Labute approximate surface area is 148 Å². The fraction of sp³-hybridized carbons (Fsp3) is 0.588. The molecule has 4 N–H and O–H groups in total. The van der Waals surface area contributed by atoms with Crippen molar-refractivity contribution >= 4 is 17.7 Å². The van der Waals surface area contributed by atoms with Crippen LogP contribution in [-0.2, 0) is 9.59 Å². The summed E-state index contributed by atoms with van der Waals surface area (Å²) in [6, 6.07) is -1.57. The lowest BCUT2D eigenvalue weighted by molar-refractivity contribution is -0.129. The molecule has 0 saturated heterocycles. The van der Waals surface area contributed by atoms with Crippen LogP contribution < -0.4 is 16.4 Å². The number of amides is 3. The zero-order valence-corrected chi connectivity index (χ0v) is 15.2. The average Bonchev–Trinajstić information content (AvgIpc) is 2.58. The third-order valence-corrected chi connectivity index (χ3v) is 3.94. The number of carbonyl (C=O) groups is 3. The molecule has 1 aromatic heterocycles. The summed E-state index contributed by atoms with van der Waals surface area (Å²) in [6.07, 6.45) is 5.29. The molecule has 3 atom stereocenters. The Morgan fingerprint density at radius 1 is 1.16 bits per heavy atom. The van der Waals surface area contributed by atoms with Gasteiger partial charge in [0.15, 0.2) is 0 Å². The van der Waals surface area contributed by atoms with Crippen LogP contribution in [0.5, 0.6) is 0 Å². The summed E-state index contributed by atoms with van der Waals surface area (Å²) < 4.78 is 0. The van der Waals surface area contributed by atoms with Crippen LogP contribution in [0.2, 0.25) is 0 Å². The lowest BCUT2D eigenvalue weighted by atomic mass is 9.97. The molecule has 0 aromatic carbocycles. The minimum atomic E-state index is -0.791. The van der Waals surface area contributed by atoms with E-state index >= 15 is 0 Å². The molecule has 25 heavy (non-hydrogen) atoms. The van der Waals surface area contributed by atoms with Crippen molar-refractivity contribution in [3.8, 4) is 0 Å². The van der Waals surface area contributed by atoms with Gasteiger partial charge in [0.05, 0.1) is 6.20 Å². The first-order valence-electron chi connectivity index (χ1n) is 8.42. The van der Waals surface area contributed by atoms with Crippen LogP contribution in [0.15, 0.2) is 18.6 Å². The SMILES string of the molecule is CC[C@H](C)[C@H](NC(=O)[C@H](CC(C)C)NC(=O)c1cnccn1)C(N)=O. The van der Waals surface area contributed by atoms with Crippen LogP contribution in [0.1, 0.15) is 51.0 Å². The van der Waals surface area contributed by atoms with E-state index in [9.17, 15) is 14.4 Å². The minimum absolute atomic E-state index is 0.100. The second kappa shape index (κ2) is 9.71. The lowest BCUT2D eigenvalue weighted by Gasteiger charge is -2.25. The predicted molar refractivity (Wildman–Crippen MR) is 93.3 cm³/mol. The first-order valence-corrected chi connectivity index (χ1v) is 8.42. The van der Waals surface area contributed by atoms with Gasteiger partial charge in [-0.25, -0.2) is 4.98 Å². The first-order chi connectivity index (χ1) is 11.8. The Morgan fingerprint density at radius 2 is 1.84 bits per heavy atom. The van der Waals surface area contributed by atoms with Crippen molar-refractivity contribution in [2.75, 3.05) is 0 Å². The van der Waals surface area contributed by atoms with E-state index in [1.165, 1.54) is 18.6 Å². The van der Waals surface area contributed by atoms with E-state index in [0.29, 0.717) is 12.8 Å². The molecule has 0 fully saturated rings. The summed E-state index contributed by atoms with van der Waals surface area (Å²) in [7, 11) is 0. The van der Waals surface area contributed by atoms with Gasteiger partial charge in [-0.15, -0.1) is 0 Å². The van der Waals surface area contributed by atoms with Gasteiger partial charge in [0.25, 0.3) is 5.91 Å². The smallest absolute Gasteiger partial charge is 0.272 e. The highest BCUT2D eigenvalue weighted by Crippen LogP contribution is 2.10. The average molecular weight is 349 g/mol. The third kappa shape index (κ3) is 6.48. The second-order valence-corrected chi connectivity index (χ2v) is 6.52. The number of nitrogens with one attached hydrogen (secondary N) is 2. The molecule has 0 saturated carbocycles. The second-order valence-electron chi connectivity index (χ2n) is 6.52. The van der Waals surface area contributed by atoms with E-state index in [4.69, 9.17) is 5.73 Å². The van der Waals surface area contributed by atoms with E-state index < -0.39 is 29.8 Å². The molecule has 8 nitrogen and oxygen atoms in total. The Bertz CT molecular complexity index is 591. The summed E-state index contributed by atoms with van der Waals surface area (Å²) in [5.74, 6) is -1.46. The number of hydrogen-bond donors (Lipinski definition) is 3. The topological polar surface area (TPSA) is 127 Å². The maximum absolute atomic E-state index is 12.6. The van der Waals surface area contributed by atoms with Gasteiger partial charge < -0.3 is 16.4 Å². The molecule has 1 aromatic rings. The molecule has 8 heteroatoms. The van der Waals surface area contributed by atoms with Gasteiger partial charge in [0, 0.05) is 12.4 Å². The molecular weight excluding hydrogens is 322 g/mol. The van der Waals surface area contributed by atoms with E-state index in [1.807, 2.05) is 27.7 Å². The normalized spacial score (nSPS) is 14.4. The van der Waals surface area contributed by atoms with Gasteiger partial charge in [0.1, 0.15) is 17.8 Å². The van der Waals surface area contributed by atoms with Crippen LogP contribution >= 0.6 is 0 Å². The third-order valence-electron chi connectivity index (χ3n) is 3.94. The summed E-state index contributed by atoms with van der Waals surface area (Å²) in [6.45, 7) is 7.63. The molecule has 0 aliphatic carbocycles. The zero-order valence-electron chi connectivity index (χ0n) is 15.2. The molecule has 0 aliphatic rings. The van der Waals surface area contributed by atoms with Crippen molar-refractivity contribution in [2.45, 2.75) is 52.6 Å². The molecule has 0 radical (unpaired) electrons. The van der Waals surface area contributed by atoms with Crippen LogP contribution in [-0.4, -0.2) is 39.8 Å². The van der Waals surface area contributed by atoms with Crippen LogP contribution in [0.3, 0.4) is 0 Å². The summed E-state index contributed by atoms with van der Waals surface area (Å²) in [5.41, 5.74) is 5.52. The molecule has 138 valence electrons. The fourth-order valence-corrected chi connectivity index (χ4v) is 2.33. The molecule has 1 heterocycles. The molecule has 0 unspecified atom stereocenters. The number of carbonyl (C=O) groups excluding carboxylic acids is 3. The standard InChI is InChI=1S/C17H27N5O3/c1-5-11(4)14(15(18)23)22-16(24)12(8-10(2)3)21-17(25)13-9-19-6-7-20-13/h6-7,9-12,14H,5,8H2,1-4H3,(H2,18,23)(H,21,25)(H,22,24)/t11-,12-,14-/m0/s1. The molecular formula is C17H27N5O3. The van der Waals surface area contributed by atoms with Crippen molar-refractivity contribution < 1.29 is 14.4 Å². The molecule has 1 rings (SSSR count). The maximum Gasteiger partial charge on any atom is 0.272 e. The summed E-state index contributed by atoms with van der Waals surface area (Å²) in [4.78, 5) is 44.3. The van der Waals surface area contributed by atoms with Gasteiger partial charge >= 0.3 is 0 Å². The lowest BCUT2D eigenvalue weighted by Crippen LogP contribution is -2.55. The highest BCUT2D eigenvalue weighted by molar-refractivity contribution is 5.96. The minimum Gasteiger partial charge on any atom is -0.368 e.